The number of halogens is 1. The maximum Gasteiger partial charge on any atom is 0.270 e. The molecule has 2 aromatic carbocycles. The summed E-state index contributed by atoms with van der Waals surface area (Å²) in [7, 11) is 0. The Morgan fingerprint density at radius 1 is 0.938 bits per heavy atom. The van der Waals surface area contributed by atoms with E-state index in [1.165, 1.54) is 11.0 Å². The maximum atomic E-state index is 13.2. The SMILES string of the molecule is Cc1cccc(C)c1-n1cccc(C=C2C(=O)NC(=S)N(c3ccc(Cl)cc3)C2=O)c1=S. The van der Waals surface area contributed by atoms with Crippen LogP contribution < -0.4 is 10.2 Å². The van der Waals surface area contributed by atoms with Gasteiger partial charge in [-0.05, 0) is 73.6 Å². The topological polar surface area (TPSA) is 54.3 Å². The van der Waals surface area contributed by atoms with Gasteiger partial charge < -0.3 is 4.57 Å². The van der Waals surface area contributed by atoms with Gasteiger partial charge in [0.05, 0.1) is 11.4 Å². The molecule has 0 saturated carbocycles. The van der Waals surface area contributed by atoms with E-state index in [-0.39, 0.29) is 10.7 Å². The average molecular weight is 480 g/mol. The molecule has 1 aliphatic heterocycles. The van der Waals surface area contributed by atoms with Gasteiger partial charge in [0.25, 0.3) is 11.8 Å². The van der Waals surface area contributed by atoms with E-state index in [0.29, 0.717) is 20.9 Å². The number of para-hydroxylation sites is 1. The van der Waals surface area contributed by atoms with Gasteiger partial charge >= 0.3 is 0 Å². The third kappa shape index (κ3) is 4.02. The molecule has 5 nitrogen and oxygen atoms in total. The van der Waals surface area contributed by atoms with Crippen molar-refractivity contribution in [2.75, 3.05) is 4.90 Å². The van der Waals surface area contributed by atoms with E-state index in [4.69, 9.17) is 36.0 Å². The number of carbonyl (C=O) groups is 2. The highest BCUT2D eigenvalue weighted by molar-refractivity contribution is 7.80. The summed E-state index contributed by atoms with van der Waals surface area (Å²) >= 11 is 16.9. The lowest BCUT2D eigenvalue weighted by Crippen LogP contribution is -2.54. The van der Waals surface area contributed by atoms with E-state index in [0.717, 1.165) is 16.8 Å². The van der Waals surface area contributed by atoms with Gasteiger partial charge in [-0.15, -0.1) is 0 Å². The Balaban J connectivity index is 1.80. The molecule has 0 atom stereocenters. The van der Waals surface area contributed by atoms with Gasteiger partial charge in [0.1, 0.15) is 10.2 Å². The third-order valence-corrected chi connectivity index (χ3v) is 6.11. The number of hydrogen-bond donors (Lipinski definition) is 1. The minimum absolute atomic E-state index is 0.0109. The average Bonchev–Trinajstić information content (AvgIpc) is 2.74. The van der Waals surface area contributed by atoms with Gasteiger partial charge in [-0.3, -0.25) is 19.8 Å². The Labute approximate surface area is 200 Å². The first-order valence-corrected chi connectivity index (χ1v) is 10.9. The summed E-state index contributed by atoms with van der Waals surface area (Å²) < 4.78 is 2.38. The first kappa shape index (κ1) is 22.1. The molecule has 8 heteroatoms. The number of amides is 2. The smallest absolute Gasteiger partial charge is 0.270 e. The predicted molar refractivity (Wildman–Crippen MR) is 134 cm³/mol. The zero-order chi connectivity index (χ0) is 23.0. The lowest BCUT2D eigenvalue weighted by molar-refractivity contribution is -0.122. The fourth-order valence-corrected chi connectivity index (χ4v) is 4.31. The number of thiocarbonyl (C=S) groups is 1. The molecular formula is C24H18ClN3O2S2. The number of anilines is 1. The van der Waals surface area contributed by atoms with Crippen LogP contribution in [0, 0.1) is 18.5 Å². The van der Waals surface area contributed by atoms with E-state index < -0.39 is 11.8 Å². The second-order valence-corrected chi connectivity index (χ2v) is 8.52. The van der Waals surface area contributed by atoms with Crippen LogP contribution in [-0.4, -0.2) is 21.5 Å². The number of nitrogens with one attached hydrogen (secondary N) is 1. The van der Waals surface area contributed by atoms with Crippen molar-refractivity contribution in [2.45, 2.75) is 13.8 Å². The van der Waals surface area contributed by atoms with E-state index in [9.17, 15) is 9.59 Å². The molecule has 32 heavy (non-hydrogen) atoms. The fraction of sp³-hybridized carbons (Fsp3) is 0.0833. The molecule has 1 aromatic heterocycles. The number of rotatable bonds is 3. The minimum atomic E-state index is -0.568. The second-order valence-electron chi connectivity index (χ2n) is 7.31. The molecule has 2 heterocycles. The maximum absolute atomic E-state index is 13.2. The Morgan fingerprint density at radius 3 is 2.25 bits per heavy atom. The highest BCUT2D eigenvalue weighted by atomic mass is 35.5. The van der Waals surface area contributed by atoms with Crippen molar-refractivity contribution in [3.8, 4) is 5.69 Å². The number of nitrogens with zero attached hydrogens (tertiary/aromatic N) is 2. The van der Waals surface area contributed by atoms with Crippen LogP contribution in [0.3, 0.4) is 0 Å². The van der Waals surface area contributed by atoms with Gasteiger partial charge in [0, 0.05) is 16.8 Å². The van der Waals surface area contributed by atoms with Crippen molar-refractivity contribution in [3.63, 3.8) is 0 Å². The van der Waals surface area contributed by atoms with Crippen LogP contribution in [-0.2, 0) is 9.59 Å². The van der Waals surface area contributed by atoms with Gasteiger partial charge in [-0.25, -0.2) is 0 Å². The molecule has 1 N–H and O–H groups in total. The van der Waals surface area contributed by atoms with Gasteiger partial charge in [-0.1, -0.05) is 48.1 Å². The molecule has 1 aliphatic rings. The van der Waals surface area contributed by atoms with Gasteiger partial charge in [-0.2, -0.15) is 0 Å². The molecule has 0 unspecified atom stereocenters. The van der Waals surface area contributed by atoms with Crippen molar-refractivity contribution < 1.29 is 9.59 Å². The molecule has 160 valence electrons. The first-order chi connectivity index (χ1) is 15.3. The van der Waals surface area contributed by atoms with Crippen LogP contribution in [0.15, 0.2) is 66.4 Å². The summed E-state index contributed by atoms with van der Waals surface area (Å²) in [6, 6.07) is 16.3. The van der Waals surface area contributed by atoms with Gasteiger partial charge in [0.15, 0.2) is 5.11 Å². The number of benzene rings is 2. The quantitative estimate of drug-likeness (QED) is 0.314. The fourth-order valence-electron chi connectivity index (χ4n) is 3.62. The largest absolute Gasteiger partial charge is 0.307 e. The summed E-state index contributed by atoms with van der Waals surface area (Å²) in [5.74, 6) is -1.10. The highest BCUT2D eigenvalue weighted by Gasteiger charge is 2.34. The van der Waals surface area contributed by atoms with Crippen LogP contribution in [0.2, 0.25) is 5.02 Å². The Bertz CT molecular complexity index is 1340. The second kappa shape index (κ2) is 8.78. The van der Waals surface area contributed by atoms with Crippen molar-refractivity contribution >= 4 is 64.7 Å². The molecule has 2 amide bonds. The number of carbonyl (C=O) groups excluding carboxylic acids is 2. The van der Waals surface area contributed by atoms with Gasteiger partial charge in [0.2, 0.25) is 0 Å². The first-order valence-electron chi connectivity index (χ1n) is 9.73. The van der Waals surface area contributed by atoms with Crippen molar-refractivity contribution in [2.24, 2.45) is 0 Å². The van der Waals surface area contributed by atoms with E-state index in [2.05, 4.69) is 5.32 Å². The Morgan fingerprint density at radius 2 is 1.59 bits per heavy atom. The van der Waals surface area contributed by atoms with Crippen molar-refractivity contribution in [3.05, 3.63) is 92.7 Å². The number of aromatic nitrogens is 1. The summed E-state index contributed by atoms with van der Waals surface area (Å²) in [5, 5.41) is 3.12. The molecule has 1 fully saturated rings. The lowest BCUT2D eigenvalue weighted by atomic mass is 10.1. The molecule has 1 saturated heterocycles. The van der Waals surface area contributed by atoms with Crippen LogP contribution in [0.25, 0.3) is 11.8 Å². The number of aryl methyl sites for hydroxylation is 2. The Hall–Kier alpha value is -3.13. The van der Waals surface area contributed by atoms with E-state index >= 15 is 0 Å². The van der Waals surface area contributed by atoms with Crippen LogP contribution in [0.5, 0.6) is 0 Å². The van der Waals surface area contributed by atoms with E-state index in [1.54, 1.807) is 30.3 Å². The summed E-state index contributed by atoms with van der Waals surface area (Å²) in [6.45, 7) is 4.02. The normalized spacial score (nSPS) is 15.3. The van der Waals surface area contributed by atoms with Crippen molar-refractivity contribution in [1.82, 2.24) is 9.88 Å². The lowest BCUT2D eigenvalue weighted by Gasteiger charge is -2.29. The zero-order valence-electron chi connectivity index (χ0n) is 17.3. The van der Waals surface area contributed by atoms with Crippen LogP contribution >= 0.6 is 36.0 Å². The molecule has 0 spiro atoms. The number of hydrogen-bond acceptors (Lipinski definition) is 4. The molecule has 0 bridgehead atoms. The van der Waals surface area contributed by atoms with E-state index in [1.807, 2.05) is 48.9 Å². The molecule has 0 radical (unpaired) electrons. The zero-order valence-corrected chi connectivity index (χ0v) is 19.6. The molecule has 0 aliphatic carbocycles. The number of pyridine rings is 1. The minimum Gasteiger partial charge on any atom is -0.307 e. The third-order valence-electron chi connectivity index (χ3n) is 5.14. The van der Waals surface area contributed by atoms with Crippen LogP contribution in [0.4, 0.5) is 5.69 Å². The summed E-state index contributed by atoms with van der Waals surface area (Å²) in [6.07, 6.45) is 3.38. The molecular weight excluding hydrogens is 462 g/mol. The van der Waals surface area contributed by atoms with Crippen LogP contribution in [0.1, 0.15) is 16.7 Å². The highest BCUT2D eigenvalue weighted by Crippen LogP contribution is 2.25. The Kier molecular flexibility index (Phi) is 6.06. The summed E-state index contributed by atoms with van der Waals surface area (Å²) in [5.41, 5.74) is 4.13. The monoisotopic (exact) mass is 479 g/mol. The molecule has 4 rings (SSSR count). The standard InChI is InChI=1S/C24H18ClN3O2S2/c1-14-5-3-6-15(2)20(14)27-12-4-7-16(23(27)31)13-19-21(29)26-24(32)28(22(19)30)18-10-8-17(25)9-11-18/h3-13H,1-2H3,(H,26,29,32). The van der Waals surface area contributed by atoms with Crippen molar-refractivity contribution in [1.29, 1.82) is 0 Å². The predicted octanol–water partition coefficient (Wildman–Crippen LogP) is 5.31. The molecule has 3 aromatic rings. The summed E-state index contributed by atoms with van der Waals surface area (Å²) in [4.78, 5) is 27.2.